The van der Waals surface area contributed by atoms with Crippen molar-refractivity contribution < 1.29 is 18.6 Å². The third-order valence-corrected chi connectivity index (χ3v) is 12.0. The van der Waals surface area contributed by atoms with Gasteiger partial charge < -0.3 is 25.4 Å². The number of thiophene rings is 1. The molecule has 5 aliphatic heterocycles. The molecule has 4 saturated heterocycles. The zero-order chi connectivity index (χ0) is 34.8. The molecule has 3 atom stereocenters. The summed E-state index contributed by atoms with van der Waals surface area (Å²) in [4.78, 5) is 24.0. The van der Waals surface area contributed by atoms with Gasteiger partial charge in [-0.1, -0.05) is 13.8 Å². The van der Waals surface area contributed by atoms with Crippen LogP contribution >= 0.6 is 11.3 Å². The SMILES string of the molecule is CC.CC(O)CN1CC2CCC(C1)N2c1nc(N2CC(N3CCCC3)C2)nc2c(F)c(-c3ncc(F)c4sc(N)c(C#N)c34)c3c(c12)COC3. The fraction of sp³-hybridized carbons (Fsp3) is 0.556. The smallest absolute Gasteiger partial charge is 0.228 e. The Bertz CT molecular complexity index is 1990. The minimum absolute atomic E-state index is 0.0911. The summed E-state index contributed by atoms with van der Waals surface area (Å²) in [5.41, 5.74) is 8.19. The van der Waals surface area contributed by atoms with Crippen LogP contribution in [0.5, 0.6) is 0 Å². The van der Waals surface area contributed by atoms with Crippen molar-refractivity contribution in [3.05, 3.63) is 34.5 Å². The van der Waals surface area contributed by atoms with E-state index in [1.165, 1.54) is 12.8 Å². The molecule has 0 amide bonds. The van der Waals surface area contributed by atoms with E-state index in [0.29, 0.717) is 29.5 Å². The summed E-state index contributed by atoms with van der Waals surface area (Å²) in [7, 11) is 0. The van der Waals surface area contributed by atoms with Gasteiger partial charge in [0.15, 0.2) is 11.6 Å². The molecule has 0 radical (unpaired) electrons. The molecule has 264 valence electrons. The highest BCUT2D eigenvalue weighted by atomic mass is 32.1. The van der Waals surface area contributed by atoms with Crippen LogP contribution in [0, 0.1) is 23.0 Å². The van der Waals surface area contributed by atoms with Crippen LogP contribution in [0.1, 0.15) is 63.1 Å². The van der Waals surface area contributed by atoms with Crippen LogP contribution in [0.2, 0.25) is 0 Å². The van der Waals surface area contributed by atoms with Crippen molar-refractivity contribution in [2.45, 2.75) is 83.9 Å². The van der Waals surface area contributed by atoms with Crippen molar-refractivity contribution in [2.75, 3.05) is 61.3 Å². The first-order valence-electron chi connectivity index (χ1n) is 17.9. The monoisotopic (exact) mass is 703 g/mol. The molecule has 4 aromatic rings. The number of benzene rings is 1. The Hall–Kier alpha value is -3.74. The molecule has 11 nitrogen and oxygen atoms in total. The minimum Gasteiger partial charge on any atom is -0.392 e. The molecule has 4 fully saturated rings. The number of aromatic nitrogens is 3. The van der Waals surface area contributed by atoms with Crippen LogP contribution in [-0.2, 0) is 18.0 Å². The number of aliphatic hydroxyl groups excluding tert-OH is 1. The molecular formula is C36H43F2N9O2S. The number of aliphatic hydroxyl groups is 1. The van der Waals surface area contributed by atoms with Gasteiger partial charge in [-0.3, -0.25) is 14.8 Å². The summed E-state index contributed by atoms with van der Waals surface area (Å²) in [6.45, 7) is 12.1. The first-order chi connectivity index (χ1) is 24.3. The molecule has 14 heteroatoms. The quantitative estimate of drug-likeness (QED) is 0.281. The Labute approximate surface area is 294 Å². The lowest BCUT2D eigenvalue weighted by atomic mass is 9.93. The highest BCUT2D eigenvalue weighted by Crippen LogP contribution is 2.48. The number of pyridine rings is 1. The van der Waals surface area contributed by atoms with Crippen molar-refractivity contribution in [1.82, 2.24) is 24.8 Å². The Morgan fingerprint density at radius 3 is 2.42 bits per heavy atom. The maximum Gasteiger partial charge on any atom is 0.228 e. The Morgan fingerprint density at radius 2 is 1.74 bits per heavy atom. The fourth-order valence-electron chi connectivity index (χ4n) is 8.78. The number of hydrogen-bond acceptors (Lipinski definition) is 12. The maximum atomic E-state index is 17.5. The second-order valence-corrected chi connectivity index (χ2v) is 15.0. The maximum absolute atomic E-state index is 17.5. The highest BCUT2D eigenvalue weighted by Gasteiger charge is 2.44. The molecule has 50 heavy (non-hydrogen) atoms. The molecular weight excluding hydrogens is 661 g/mol. The first-order valence-corrected chi connectivity index (χ1v) is 18.7. The number of likely N-dealkylation sites (tertiary alicyclic amines) is 2. The van der Waals surface area contributed by atoms with E-state index in [0.717, 1.165) is 81.0 Å². The molecule has 3 unspecified atom stereocenters. The number of β-amino-alcohol motifs (C(OH)–C–C–N with tert-alkyl or cyclic N) is 1. The van der Waals surface area contributed by atoms with Gasteiger partial charge in [-0.25, -0.2) is 13.8 Å². The number of piperazine rings is 1. The van der Waals surface area contributed by atoms with Gasteiger partial charge in [0.25, 0.3) is 0 Å². The van der Waals surface area contributed by atoms with E-state index >= 15 is 8.78 Å². The summed E-state index contributed by atoms with van der Waals surface area (Å²) in [6.07, 6.45) is 5.04. The molecule has 0 spiro atoms. The predicted octanol–water partition coefficient (Wildman–Crippen LogP) is 5.01. The fourth-order valence-corrected chi connectivity index (χ4v) is 9.70. The van der Waals surface area contributed by atoms with Crippen LogP contribution in [0.25, 0.3) is 32.2 Å². The molecule has 1 aromatic carbocycles. The van der Waals surface area contributed by atoms with Crippen LogP contribution in [0.3, 0.4) is 0 Å². The van der Waals surface area contributed by atoms with Crippen LogP contribution in [0.15, 0.2) is 6.20 Å². The van der Waals surface area contributed by atoms with Crippen molar-refractivity contribution in [3.8, 4) is 17.3 Å². The minimum atomic E-state index is -0.608. The molecule has 9 rings (SSSR count). The van der Waals surface area contributed by atoms with E-state index in [9.17, 15) is 10.4 Å². The number of ether oxygens (including phenoxy) is 1. The van der Waals surface area contributed by atoms with Gasteiger partial charge in [-0.15, -0.1) is 11.3 Å². The number of nitrogen functional groups attached to an aromatic ring is 1. The Balaban J connectivity index is 0.00000177. The van der Waals surface area contributed by atoms with Gasteiger partial charge in [-0.2, -0.15) is 10.2 Å². The highest BCUT2D eigenvalue weighted by molar-refractivity contribution is 7.23. The lowest BCUT2D eigenvalue weighted by Crippen LogP contribution is -2.59. The largest absolute Gasteiger partial charge is 0.392 e. The van der Waals surface area contributed by atoms with E-state index in [-0.39, 0.29) is 62.7 Å². The normalized spacial score (nSPS) is 22.9. The van der Waals surface area contributed by atoms with E-state index in [1.807, 2.05) is 20.8 Å². The lowest BCUT2D eigenvalue weighted by molar-refractivity contribution is 0.111. The molecule has 8 heterocycles. The molecule has 0 saturated carbocycles. The zero-order valence-corrected chi connectivity index (χ0v) is 29.6. The Kier molecular flexibility index (Phi) is 8.75. The third-order valence-electron chi connectivity index (χ3n) is 10.9. The summed E-state index contributed by atoms with van der Waals surface area (Å²) in [5, 5.41) is 21.2. The van der Waals surface area contributed by atoms with Gasteiger partial charge >= 0.3 is 0 Å². The van der Waals surface area contributed by atoms with Gasteiger partial charge in [0.05, 0.1) is 46.9 Å². The summed E-state index contributed by atoms with van der Waals surface area (Å²) >= 11 is 0.965. The van der Waals surface area contributed by atoms with Crippen molar-refractivity contribution in [3.63, 3.8) is 0 Å². The van der Waals surface area contributed by atoms with Gasteiger partial charge in [0.1, 0.15) is 22.4 Å². The second kappa shape index (κ2) is 13.1. The number of fused-ring (bicyclic) bond motifs is 6. The van der Waals surface area contributed by atoms with Crippen LogP contribution in [-0.4, -0.2) is 99.9 Å². The van der Waals surface area contributed by atoms with Crippen LogP contribution in [0.4, 0.5) is 25.5 Å². The summed E-state index contributed by atoms with van der Waals surface area (Å²) in [5.74, 6) is 0.0383. The standard InChI is InChI=1S/C34H37F2N9O2S.C2H6/c1-17(46)10-42-11-18-4-5-19(12-42)45(18)33-27-23-16-47-15-22(23)25(29-26-21(8-37)32(38)48-31(26)24(35)9-39-29)28(36)30(27)40-34(41-33)44-13-20(14-44)43-6-2-3-7-43;1-2/h9,17-20,46H,2-7,10-16,38H2,1H3;1-2H3. The number of nitriles is 1. The number of anilines is 3. The Morgan fingerprint density at radius 1 is 1.04 bits per heavy atom. The van der Waals surface area contributed by atoms with Gasteiger partial charge in [-0.05, 0) is 56.8 Å². The predicted molar refractivity (Wildman–Crippen MR) is 191 cm³/mol. The molecule has 3 N–H and O–H groups in total. The summed E-state index contributed by atoms with van der Waals surface area (Å²) < 4.78 is 38.7. The average Bonchev–Trinajstić information content (AvgIpc) is 3.89. The second-order valence-electron chi connectivity index (χ2n) is 14.0. The lowest BCUT2D eigenvalue weighted by Gasteiger charge is -2.45. The van der Waals surface area contributed by atoms with Crippen LogP contribution < -0.4 is 15.5 Å². The van der Waals surface area contributed by atoms with Crippen molar-refractivity contribution in [1.29, 1.82) is 5.26 Å². The number of hydrogen-bond donors (Lipinski definition) is 2. The van der Waals surface area contributed by atoms with Crippen molar-refractivity contribution in [2.24, 2.45) is 0 Å². The van der Waals surface area contributed by atoms with Crippen molar-refractivity contribution >= 4 is 49.1 Å². The van der Waals surface area contributed by atoms with E-state index < -0.39 is 17.7 Å². The molecule has 3 aromatic heterocycles. The third kappa shape index (κ3) is 5.28. The first kappa shape index (κ1) is 33.4. The number of nitrogens with two attached hydrogens (primary N) is 1. The van der Waals surface area contributed by atoms with Gasteiger partial charge in [0, 0.05) is 61.8 Å². The molecule has 0 aliphatic carbocycles. The molecule has 2 bridgehead atoms. The number of nitrogens with zero attached hydrogens (tertiary/aromatic N) is 8. The molecule has 5 aliphatic rings. The average molecular weight is 704 g/mol. The number of halogens is 2. The summed E-state index contributed by atoms with van der Waals surface area (Å²) in [6, 6.07) is 2.84. The topological polar surface area (TPSA) is 131 Å². The van der Waals surface area contributed by atoms with E-state index in [1.54, 1.807) is 0 Å². The zero-order valence-electron chi connectivity index (χ0n) is 28.8. The van der Waals surface area contributed by atoms with Gasteiger partial charge in [0.2, 0.25) is 5.95 Å². The number of rotatable bonds is 6. The van der Waals surface area contributed by atoms with E-state index in [2.05, 4.69) is 30.7 Å². The van der Waals surface area contributed by atoms with E-state index in [4.69, 9.17) is 20.4 Å².